The molecule has 0 aliphatic carbocycles. The third-order valence-electron chi connectivity index (χ3n) is 2.95. The SMILES string of the molecule is C.C.C=C(C(C)C)C(C)C.CC(C)c1ccccc1. The molecule has 1 rings (SSSR count). The summed E-state index contributed by atoms with van der Waals surface area (Å²) in [7, 11) is 0. The molecule has 0 unspecified atom stereocenters. The summed E-state index contributed by atoms with van der Waals surface area (Å²) >= 11 is 0. The van der Waals surface area contributed by atoms with Crippen molar-refractivity contribution in [3.05, 3.63) is 48.0 Å². The van der Waals surface area contributed by atoms with Crippen LogP contribution in [0.3, 0.4) is 0 Å². The van der Waals surface area contributed by atoms with Crippen molar-refractivity contribution in [3.8, 4) is 0 Å². The van der Waals surface area contributed by atoms with E-state index in [2.05, 4.69) is 72.4 Å². The molecule has 0 saturated carbocycles. The zero-order valence-corrected chi connectivity index (χ0v) is 12.3. The maximum Gasteiger partial charge on any atom is -0.0219 e. The number of hydrogen-bond donors (Lipinski definition) is 0. The molecule has 0 bridgehead atoms. The van der Waals surface area contributed by atoms with E-state index in [1.165, 1.54) is 11.1 Å². The Bertz CT molecular complexity index is 294. The lowest BCUT2D eigenvalue weighted by atomic mass is 9.95. The van der Waals surface area contributed by atoms with Crippen molar-refractivity contribution in [2.45, 2.75) is 62.3 Å². The first-order valence-electron chi connectivity index (χ1n) is 6.59. The van der Waals surface area contributed by atoms with Crippen LogP contribution in [0.2, 0.25) is 0 Å². The molecule has 0 saturated heterocycles. The minimum Gasteiger partial charge on any atom is -0.0993 e. The van der Waals surface area contributed by atoms with Gasteiger partial charge in [0.1, 0.15) is 0 Å². The summed E-state index contributed by atoms with van der Waals surface area (Å²) in [6.07, 6.45) is 0. The first-order chi connectivity index (χ1) is 7.86. The van der Waals surface area contributed by atoms with Gasteiger partial charge in [0.05, 0.1) is 0 Å². The first-order valence-corrected chi connectivity index (χ1v) is 6.59. The summed E-state index contributed by atoms with van der Waals surface area (Å²) in [5.41, 5.74) is 2.77. The minimum atomic E-state index is 0. The summed E-state index contributed by atoms with van der Waals surface area (Å²) in [4.78, 5) is 0. The van der Waals surface area contributed by atoms with E-state index in [1.54, 1.807) is 0 Å². The fourth-order valence-electron chi connectivity index (χ4n) is 1.50. The second kappa shape index (κ2) is 12.0. The molecule has 0 heteroatoms. The molecule has 0 aromatic heterocycles. The van der Waals surface area contributed by atoms with Gasteiger partial charge >= 0.3 is 0 Å². The second-order valence-electron chi connectivity index (χ2n) is 5.45. The highest BCUT2D eigenvalue weighted by Crippen LogP contribution is 2.15. The second-order valence-corrected chi connectivity index (χ2v) is 5.45. The molecule has 1 aromatic rings. The highest BCUT2D eigenvalue weighted by atomic mass is 14.1. The van der Waals surface area contributed by atoms with Crippen molar-refractivity contribution in [2.75, 3.05) is 0 Å². The zero-order valence-electron chi connectivity index (χ0n) is 12.3. The van der Waals surface area contributed by atoms with Crippen molar-refractivity contribution in [1.29, 1.82) is 0 Å². The summed E-state index contributed by atoms with van der Waals surface area (Å²) in [6.45, 7) is 17.1. The van der Waals surface area contributed by atoms with Crippen LogP contribution in [0.15, 0.2) is 42.5 Å². The van der Waals surface area contributed by atoms with Gasteiger partial charge in [0.2, 0.25) is 0 Å². The Balaban J connectivity index is -0.000000246. The monoisotopic (exact) mass is 264 g/mol. The Labute approximate surface area is 123 Å². The summed E-state index contributed by atoms with van der Waals surface area (Å²) in [6, 6.07) is 10.5. The predicted molar refractivity (Wildman–Crippen MR) is 92.8 cm³/mol. The Hall–Kier alpha value is -1.04. The lowest BCUT2D eigenvalue weighted by molar-refractivity contribution is 0.630. The Morgan fingerprint density at radius 3 is 1.32 bits per heavy atom. The number of hydrogen-bond acceptors (Lipinski definition) is 0. The highest BCUT2D eigenvalue weighted by molar-refractivity contribution is 5.17. The van der Waals surface area contributed by atoms with Crippen LogP contribution in [0.4, 0.5) is 0 Å². The molecule has 0 spiro atoms. The van der Waals surface area contributed by atoms with E-state index in [4.69, 9.17) is 0 Å². The van der Waals surface area contributed by atoms with Gasteiger partial charge < -0.3 is 0 Å². The average Bonchev–Trinajstić information content (AvgIpc) is 2.29. The number of allylic oxidation sites excluding steroid dienone is 1. The van der Waals surface area contributed by atoms with Gasteiger partial charge in [-0.05, 0) is 23.3 Å². The summed E-state index contributed by atoms with van der Waals surface area (Å²) in [5, 5.41) is 0. The van der Waals surface area contributed by atoms with E-state index in [-0.39, 0.29) is 14.9 Å². The van der Waals surface area contributed by atoms with Crippen LogP contribution >= 0.6 is 0 Å². The maximum atomic E-state index is 3.95. The van der Waals surface area contributed by atoms with Crippen LogP contribution in [-0.4, -0.2) is 0 Å². The molecule has 0 aliphatic rings. The van der Waals surface area contributed by atoms with Crippen LogP contribution in [0.25, 0.3) is 0 Å². The summed E-state index contributed by atoms with van der Waals surface area (Å²) < 4.78 is 0. The van der Waals surface area contributed by atoms with Gasteiger partial charge in [-0.1, -0.05) is 98.9 Å². The molecule has 0 radical (unpaired) electrons. The molecular weight excluding hydrogens is 228 g/mol. The molecule has 1 aromatic carbocycles. The van der Waals surface area contributed by atoms with Crippen LogP contribution in [0, 0.1) is 11.8 Å². The summed E-state index contributed by atoms with van der Waals surface area (Å²) in [5.74, 6) is 1.95. The van der Waals surface area contributed by atoms with E-state index < -0.39 is 0 Å². The topological polar surface area (TPSA) is 0 Å². The van der Waals surface area contributed by atoms with E-state index >= 15 is 0 Å². The molecule has 0 nitrogen and oxygen atoms in total. The lowest BCUT2D eigenvalue weighted by Crippen LogP contribution is -1.99. The van der Waals surface area contributed by atoms with Crippen LogP contribution in [0.1, 0.15) is 67.9 Å². The van der Waals surface area contributed by atoms with Gasteiger partial charge in [0.15, 0.2) is 0 Å². The largest absolute Gasteiger partial charge is 0.0993 e. The third kappa shape index (κ3) is 10.6. The molecule has 19 heavy (non-hydrogen) atoms. The van der Waals surface area contributed by atoms with Gasteiger partial charge in [-0.2, -0.15) is 0 Å². The fraction of sp³-hybridized carbons (Fsp3) is 0.579. The maximum absolute atomic E-state index is 3.95. The molecule has 0 atom stereocenters. The predicted octanol–water partition coefficient (Wildman–Crippen LogP) is 6.94. The standard InChI is InChI=1S/C9H12.C8H16.2CH4/c1-8(2)9-6-4-3-5-7-9;1-6(2)8(5)7(3)4;;/h3-8H,1-2H3;6-7H,5H2,1-4H3;2*1H4. The Morgan fingerprint density at radius 1 is 0.789 bits per heavy atom. The van der Waals surface area contributed by atoms with E-state index in [9.17, 15) is 0 Å². The van der Waals surface area contributed by atoms with Crippen LogP contribution in [0.5, 0.6) is 0 Å². The average molecular weight is 264 g/mol. The number of benzene rings is 1. The third-order valence-corrected chi connectivity index (χ3v) is 2.95. The number of rotatable bonds is 3. The highest BCUT2D eigenvalue weighted by Gasteiger charge is 2.02. The van der Waals surface area contributed by atoms with E-state index in [0.717, 1.165) is 0 Å². The molecular formula is C19H36. The lowest BCUT2D eigenvalue weighted by Gasteiger charge is -2.11. The molecule has 112 valence electrons. The van der Waals surface area contributed by atoms with Gasteiger partial charge in [0, 0.05) is 0 Å². The van der Waals surface area contributed by atoms with Gasteiger partial charge in [-0.3, -0.25) is 0 Å². The van der Waals surface area contributed by atoms with Gasteiger partial charge in [0.25, 0.3) is 0 Å². The van der Waals surface area contributed by atoms with Crippen molar-refractivity contribution in [2.24, 2.45) is 11.8 Å². The van der Waals surface area contributed by atoms with E-state index in [1.807, 2.05) is 6.07 Å². The molecule has 0 aliphatic heterocycles. The Morgan fingerprint density at radius 2 is 1.16 bits per heavy atom. The smallest absolute Gasteiger partial charge is 0.0219 e. The van der Waals surface area contributed by atoms with Crippen LogP contribution in [-0.2, 0) is 0 Å². The van der Waals surface area contributed by atoms with Crippen molar-refractivity contribution in [1.82, 2.24) is 0 Å². The van der Waals surface area contributed by atoms with Gasteiger partial charge in [-0.15, -0.1) is 0 Å². The fourth-order valence-corrected chi connectivity index (χ4v) is 1.50. The minimum absolute atomic E-state index is 0. The Kier molecular flexibility index (Phi) is 14.6. The van der Waals surface area contributed by atoms with Crippen molar-refractivity contribution in [3.63, 3.8) is 0 Å². The first kappa shape index (κ1) is 23.1. The van der Waals surface area contributed by atoms with Gasteiger partial charge in [-0.25, -0.2) is 0 Å². The molecule has 0 N–H and O–H groups in total. The molecule has 0 fully saturated rings. The van der Waals surface area contributed by atoms with Crippen molar-refractivity contribution >= 4 is 0 Å². The normalized spacial score (nSPS) is 9.32. The molecule has 0 amide bonds. The quantitative estimate of drug-likeness (QED) is 0.519. The van der Waals surface area contributed by atoms with E-state index in [0.29, 0.717) is 17.8 Å². The molecule has 0 heterocycles. The van der Waals surface area contributed by atoms with Crippen molar-refractivity contribution < 1.29 is 0 Å². The van der Waals surface area contributed by atoms with Crippen LogP contribution < -0.4 is 0 Å². The zero-order chi connectivity index (χ0) is 13.4.